The van der Waals surface area contributed by atoms with Gasteiger partial charge in [0.1, 0.15) is 11.5 Å². The van der Waals surface area contributed by atoms with E-state index >= 15 is 0 Å². The summed E-state index contributed by atoms with van der Waals surface area (Å²) >= 11 is 6.13. The van der Waals surface area contributed by atoms with Crippen molar-refractivity contribution in [1.29, 1.82) is 0 Å². The normalized spacial score (nSPS) is 10.2. The highest BCUT2D eigenvalue weighted by molar-refractivity contribution is 6.33. The molecule has 0 spiro atoms. The number of carbonyl (C=O) groups excluding carboxylic acids is 2. The summed E-state index contributed by atoms with van der Waals surface area (Å²) in [7, 11) is 0. The van der Waals surface area contributed by atoms with E-state index < -0.39 is 0 Å². The Labute approximate surface area is 170 Å². The van der Waals surface area contributed by atoms with Gasteiger partial charge in [-0.2, -0.15) is 0 Å². The number of hydrogen-bond donors (Lipinski definition) is 2. The molecule has 0 saturated carbocycles. The second kappa shape index (κ2) is 11.2. The van der Waals surface area contributed by atoms with E-state index in [2.05, 4.69) is 10.6 Å². The molecule has 2 N–H and O–H groups in total. The summed E-state index contributed by atoms with van der Waals surface area (Å²) in [5, 5.41) is 5.84. The largest absolute Gasteiger partial charge is 0.494 e. The Morgan fingerprint density at radius 2 is 1.57 bits per heavy atom. The third-order valence-electron chi connectivity index (χ3n) is 3.67. The maximum Gasteiger partial charge on any atom is 0.262 e. The number of halogens is 1. The minimum absolute atomic E-state index is 0.0863. The first-order valence-electron chi connectivity index (χ1n) is 9.26. The monoisotopic (exact) mass is 404 g/mol. The summed E-state index contributed by atoms with van der Waals surface area (Å²) in [6.07, 6.45) is 2.12. The van der Waals surface area contributed by atoms with Crippen LogP contribution in [0.25, 0.3) is 0 Å². The molecule has 6 nitrogen and oxygen atoms in total. The van der Waals surface area contributed by atoms with Crippen LogP contribution in [-0.4, -0.2) is 25.0 Å². The van der Waals surface area contributed by atoms with Crippen molar-refractivity contribution >= 4 is 34.8 Å². The lowest BCUT2D eigenvalue weighted by atomic mass is 10.2. The van der Waals surface area contributed by atoms with Gasteiger partial charge in [0.05, 0.1) is 17.3 Å². The molecular weight excluding hydrogens is 380 g/mol. The molecule has 150 valence electrons. The van der Waals surface area contributed by atoms with Crippen LogP contribution in [0.2, 0.25) is 5.02 Å². The van der Waals surface area contributed by atoms with Gasteiger partial charge in [0.25, 0.3) is 5.91 Å². The van der Waals surface area contributed by atoms with Gasteiger partial charge in [-0.15, -0.1) is 0 Å². The summed E-state index contributed by atoms with van der Waals surface area (Å²) in [6.45, 7) is 4.45. The summed E-state index contributed by atoms with van der Waals surface area (Å²) in [5.74, 6) is 0.875. The minimum atomic E-state index is -0.356. The molecule has 0 saturated heterocycles. The second-order valence-corrected chi connectivity index (χ2v) is 6.56. The minimum Gasteiger partial charge on any atom is -0.494 e. The van der Waals surface area contributed by atoms with Crippen molar-refractivity contribution in [1.82, 2.24) is 0 Å². The van der Waals surface area contributed by atoms with Gasteiger partial charge in [0.15, 0.2) is 6.61 Å². The SMILES string of the molecule is CCCOc1ccc(OCC(=O)Nc2cc(NC(=O)CCC)ccc2Cl)cc1. The Bertz CT molecular complexity index is 793. The Kier molecular flexibility index (Phi) is 8.62. The van der Waals surface area contributed by atoms with E-state index in [0.717, 1.165) is 18.6 Å². The van der Waals surface area contributed by atoms with Crippen molar-refractivity contribution < 1.29 is 19.1 Å². The highest BCUT2D eigenvalue weighted by Gasteiger charge is 2.09. The van der Waals surface area contributed by atoms with Gasteiger partial charge >= 0.3 is 0 Å². The first-order valence-corrected chi connectivity index (χ1v) is 9.64. The van der Waals surface area contributed by atoms with Crippen LogP contribution in [0.5, 0.6) is 11.5 Å². The van der Waals surface area contributed by atoms with Crippen molar-refractivity contribution in [3.63, 3.8) is 0 Å². The van der Waals surface area contributed by atoms with Crippen molar-refractivity contribution in [2.45, 2.75) is 33.1 Å². The van der Waals surface area contributed by atoms with Crippen LogP contribution in [0.1, 0.15) is 33.1 Å². The molecule has 0 radical (unpaired) electrons. The fourth-order valence-electron chi connectivity index (χ4n) is 2.34. The molecule has 0 atom stereocenters. The van der Waals surface area contributed by atoms with Crippen molar-refractivity contribution in [3.8, 4) is 11.5 Å². The average molecular weight is 405 g/mol. The Morgan fingerprint density at radius 1 is 0.893 bits per heavy atom. The van der Waals surface area contributed by atoms with Crippen LogP contribution in [0.4, 0.5) is 11.4 Å². The zero-order chi connectivity index (χ0) is 20.4. The van der Waals surface area contributed by atoms with Crippen LogP contribution in [-0.2, 0) is 9.59 Å². The topological polar surface area (TPSA) is 76.7 Å². The number of carbonyl (C=O) groups is 2. The molecule has 0 heterocycles. The second-order valence-electron chi connectivity index (χ2n) is 6.15. The lowest BCUT2D eigenvalue weighted by molar-refractivity contribution is -0.118. The molecular formula is C21H25ClN2O4. The number of anilines is 2. The Balaban J connectivity index is 1.89. The number of amides is 2. The van der Waals surface area contributed by atoms with Gasteiger partial charge in [0, 0.05) is 12.1 Å². The van der Waals surface area contributed by atoms with Gasteiger partial charge in [0.2, 0.25) is 5.91 Å². The number of ether oxygens (including phenoxy) is 2. The quantitative estimate of drug-likeness (QED) is 0.591. The molecule has 0 unspecified atom stereocenters. The van der Waals surface area contributed by atoms with E-state index in [0.29, 0.717) is 35.2 Å². The van der Waals surface area contributed by atoms with E-state index in [-0.39, 0.29) is 18.4 Å². The highest BCUT2D eigenvalue weighted by atomic mass is 35.5. The number of rotatable bonds is 10. The molecule has 0 aromatic heterocycles. The van der Waals surface area contributed by atoms with Gasteiger partial charge in [-0.3, -0.25) is 9.59 Å². The number of hydrogen-bond acceptors (Lipinski definition) is 4. The Morgan fingerprint density at radius 3 is 2.21 bits per heavy atom. The van der Waals surface area contributed by atoms with E-state index in [9.17, 15) is 9.59 Å². The number of benzene rings is 2. The predicted octanol–water partition coefficient (Wildman–Crippen LogP) is 4.88. The highest BCUT2D eigenvalue weighted by Crippen LogP contribution is 2.26. The molecule has 28 heavy (non-hydrogen) atoms. The summed E-state index contributed by atoms with van der Waals surface area (Å²) < 4.78 is 11.0. The van der Waals surface area contributed by atoms with Crippen LogP contribution in [0.3, 0.4) is 0 Å². The third kappa shape index (κ3) is 7.12. The van der Waals surface area contributed by atoms with Crippen molar-refractivity contribution in [2.24, 2.45) is 0 Å². The first-order chi connectivity index (χ1) is 13.5. The standard InChI is InChI=1S/C21H25ClN2O4/c1-3-5-20(25)23-15-6-11-18(22)19(13-15)24-21(26)14-28-17-9-7-16(8-10-17)27-12-4-2/h6-11,13H,3-5,12,14H2,1-2H3,(H,23,25)(H,24,26). The molecule has 2 amide bonds. The van der Waals surface area contributed by atoms with E-state index in [1.54, 1.807) is 42.5 Å². The zero-order valence-corrected chi connectivity index (χ0v) is 16.8. The van der Waals surface area contributed by atoms with Crippen molar-refractivity contribution in [2.75, 3.05) is 23.8 Å². The summed E-state index contributed by atoms with van der Waals surface area (Å²) in [5.41, 5.74) is 0.981. The van der Waals surface area contributed by atoms with E-state index in [1.165, 1.54) is 0 Å². The third-order valence-corrected chi connectivity index (χ3v) is 4.00. The molecule has 0 bridgehead atoms. The van der Waals surface area contributed by atoms with E-state index in [1.807, 2.05) is 13.8 Å². The van der Waals surface area contributed by atoms with Crippen molar-refractivity contribution in [3.05, 3.63) is 47.5 Å². The lowest BCUT2D eigenvalue weighted by Crippen LogP contribution is -2.20. The van der Waals surface area contributed by atoms with Crippen LogP contribution >= 0.6 is 11.6 Å². The predicted molar refractivity (Wildman–Crippen MR) is 111 cm³/mol. The molecule has 0 aliphatic heterocycles. The first kappa shape index (κ1) is 21.6. The number of nitrogens with one attached hydrogen (secondary N) is 2. The average Bonchev–Trinajstić information content (AvgIpc) is 2.68. The van der Waals surface area contributed by atoms with E-state index in [4.69, 9.17) is 21.1 Å². The van der Waals surface area contributed by atoms with Gasteiger partial charge in [-0.1, -0.05) is 25.4 Å². The molecule has 2 aromatic carbocycles. The van der Waals surface area contributed by atoms with Gasteiger partial charge in [-0.25, -0.2) is 0 Å². The summed E-state index contributed by atoms with van der Waals surface area (Å²) in [4.78, 5) is 23.9. The van der Waals surface area contributed by atoms with Gasteiger partial charge < -0.3 is 20.1 Å². The molecule has 2 aromatic rings. The molecule has 0 fully saturated rings. The smallest absolute Gasteiger partial charge is 0.262 e. The van der Waals surface area contributed by atoms with Crippen LogP contribution in [0, 0.1) is 0 Å². The summed E-state index contributed by atoms with van der Waals surface area (Å²) in [6, 6.07) is 12.0. The molecule has 2 rings (SSSR count). The van der Waals surface area contributed by atoms with Crippen LogP contribution in [0.15, 0.2) is 42.5 Å². The van der Waals surface area contributed by atoms with Gasteiger partial charge in [-0.05, 0) is 55.3 Å². The molecule has 0 aliphatic carbocycles. The van der Waals surface area contributed by atoms with Crippen LogP contribution < -0.4 is 20.1 Å². The Hall–Kier alpha value is -2.73. The lowest BCUT2D eigenvalue weighted by Gasteiger charge is -2.11. The zero-order valence-electron chi connectivity index (χ0n) is 16.1. The molecule has 0 aliphatic rings. The maximum atomic E-state index is 12.2. The fraction of sp³-hybridized carbons (Fsp3) is 0.333. The maximum absolute atomic E-state index is 12.2. The fourth-order valence-corrected chi connectivity index (χ4v) is 2.50. The molecule has 7 heteroatoms.